The highest BCUT2D eigenvalue weighted by atomic mass is 35.5. The molecule has 1 aliphatic heterocycles. The second-order valence-electron chi connectivity index (χ2n) is 4.47. The van der Waals surface area contributed by atoms with Crippen molar-refractivity contribution in [1.29, 1.82) is 0 Å². The predicted octanol–water partition coefficient (Wildman–Crippen LogP) is 3.21. The van der Waals surface area contributed by atoms with Crippen molar-refractivity contribution in [3.05, 3.63) is 64.4 Å². The lowest BCUT2D eigenvalue weighted by Crippen LogP contribution is -2.29. The van der Waals surface area contributed by atoms with E-state index in [-0.39, 0.29) is 6.54 Å². The molecule has 0 unspecified atom stereocenters. The molecule has 5 heteroatoms. The second kappa shape index (κ2) is 4.72. The molecule has 0 aromatic heterocycles. The van der Waals surface area contributed by atoms with Crippen molar-refractivity contribution < 1.29 is 14.0 Å². The topological polar surface area (TPSA) is 37.4 Å². The number of benzene rings is 2. The molecule has 3 rings (SSSR count). The van der Waals surface area contributed by atoms with Crippen molar-refractivity contribution in [3.8, 4) is 0 Å². The summed E-state index contributed by atoms with van der Waals surface area (Å²) in [6.45, 7) is 0.00455. The van der Waals surface area contributed by atoms with Crippen LogP contribution in [0.4, 0.5) is 10.1 Å². The largest absolute Gasteiger partial charge is 0.300 e. The monoisotopic (exact) mass is 289 g/mol. The Balaban J connectivity index is 2.03. The number of Topliss-reactive ketones (excluding diaryl/α,β-unsaturated/α-hetero) is 1. The van der Waals surface area contributed by atoms with E-state index in [1.54, 1.807) is 30.3 Å². The van der Waals surface area contributed by atoms with E-state index in [2.05, 4.69) is 0 Å². The van der Waals surface area contributed by atoms with Crippen LogP contribution in [0.2, 0.25) is 5.02 Å². The zero-order valence-electron chi connectivity index (χ0n) is 10.3. The van der Waals surface area contributed by atoms with Crippen molar-refractivity contribution in [2.24, 2.45) is 0 Å². The highest BCUT2D eigenvalue weighted by molar-refractivity contribution is 6.52. The summed E-state index contributed by atoms with van der Waals surface area (Å²) in [5, 5.41) is 0.421. The van der Waals surface area contributed by atoms with Gasteiger partial charge in [0.05, 0.1) is 17.8 Å². The first-order valence-electron chi connectivity index (χ1n) is 5.97. The molecule has 20 heavy (non-hydrogen) atoms. The number of hydrogen-bond donors (Lipinski definition) is 0. The minimum absolute atomic E-state index is 0.00455. The molecule has 0 aliphatic carbocycles. The average Bonchev–Trinajstić information content (AvgIpc) is 2.66. The minimum Gasteiger partial charge on any atom is -0.300 e. The highest BCUT2D eigenvalue weighted by Crippen LogP contribution is 2.32. The minimum atomic E-state index is -0.662. The molecule has 2 aromatic rings. The van der Waals surface area contributed by atoms with Gasteiger partial charge in [0.25, 0.3) is 11.7 Å². The Morgan fingerprint density at radius 3 is 2.60 bits per heavy atom. The van der Waals surface area contributed by atoms with Gasteiger partial charge < -0.3 is 4.90 Å². The maximum Gasteiger partial charge on any atom is 0.299 e. The van der Waals surface area contributed by atoms with E-state index < -0.39 is 17.5 Å². The number of hydrogen-bond acceptors (Lipinski definition) is 2. The standard InChI is InChI=1S/C15H9ClFNO2/c16-10-5-6-11-13(7-10)18(15(20)14(11)19)8-9-3-1-2-4-12(9)17/h1-7H,8H2. The first-order valence-corrected chi connectivity index (χ1v) is 6.35. The van der Waals surface area contributed by atoms with Gasteiger partial charge in [-0.1, -0.05) is 29.8 Å². The Labute approximate surface area is 119 Å². The van der Waals surface area contributed by atoms with Crippen LogP contribution in [0, 0.1) is 5.82 Å². The molecular formula is C15H9ClFNO2. The van der Waals surface area contributed by atoms with Crippen molar-refractivity contribution in [3.63, 3.8) is 0 Å². The lowest BCUT2D eigenvalue weighted by Gasteiger charge is -2.17. The highest BCUT2D eigenvalue weighted by Gasteiger charge is 2.36. The van der Waals surface area contributed by atoms with Crippen LogP contribution in [0.15, 0.2) is 42.5 Å². The fraction of sp³-hybridized carbons (Fsp3) is 0.0667. The zero-order chi connectivity index (χ0) is 14.3. The van der Waals surface area contributed by atoms with Gasteiger partial charge in [0.2, 0.25) is 0 Å². The number of rotatable bonds is 2. The fourth-order valence-corrected chi connectivity index (χ4v) is 2.39. The predicted molar refractivity (Wildman–Crippen MR) is 73.4 cm³/mol. The van der Waals surface area contributed by atoms with E-state index in [9.17, 15) is 14.0 Å². The van der Waals surface area contributed by atoms with Gasteiger partial charge in [0.1, 0.15) is 5.82 Å². The van der Waals surface area contributed by atoms with Gasteiger partial charge in [0, 0.05) is 10.6 Å². The van der Waals surface area contributed by atoms with Crippen LogP contribution in [0.5, 0.6) is 0 Å². The van der Waals surface area contributed by atoms with Gasteiger partial charge in [-0.25, -0.2) is 4.39 Å². The van der Waals surface area contributed by atoms with Crippen LogP contribution in [0.1, 0.15) is 15.9 Å². The Morgan fingerprint density at radius 2 is 1.85 bits per heavy atom. The molecule has 3 nitrogen and oxygen atoms in total. The van der Waals surface area contributed by atoms with Gasteiger partial charge in [-0.05, 0) is 24.3 Å². The fourth-order valence-electron chi connectivity index (χ4n) is 2.22. The SMILES string of the molecule is O=C1C(=O)N(Cc2ccccc2F)c2cc(Cl)ccc21. The first kappa shape index (κ1) is 12.8. The quantitative estimate of drug-likeness (QED) is 0.796. The van der Waals surface area contributed by atoms with Crippen LogP contribution in [-0.4, -0.2) is 11.7 Å². The molecule has 0 atom stereocenters. The third-order valence-electron chi connectivity index (χ3n) is 3.22. The molecule has 0 saturated heterocycles. The van der Waals surface area contributed by atoms with E-state index in [1.807, 2.05) is 0 Å². The third kappa shape index (κ3) is 1.98. The number of amides is 1. The molecule has 0 bridgehead atoms. The number of halogens is 2. The van der Waals surface area contributed by atoms with E-state index in [0.717, 1.165) is 0 Å². The van der Waals surface area contributed by atoms with Crippen molar-refractivity contribution >= 4 is 29.0 Å². The smallest absolute Gasteiger partial charge is 0.299 e. The average molecular weight is 290 g/mol. The number of anilines is 1. The zero-order valence-corrected chi connectivity index (χ0v) is 11.0. The van der Waals surface area contributed by atoms with Crippen LogP contribution >= 0.6 is 11.6 Å². The summed E-state index contributed by atoms with van der Waals surface area (Å²) in [6, 6.07) is 10.8. The molecule has 2 aromatic carbocycles. The Hall–Kier alpha value is -2.20. The lowest BCUT2D eigenvalue weighted by molar-refractivity contribution is -0.114. The molecule has 1 heterocycles. The van der Waals surface area contributed by atoms with Crippen molar-refractivity contribution in [2.75, 3.05) is 4.90 Å². The number of fused-ring (bicyclic) bond motifs is 1. The van der Waals surface area contributed by atoms with E-state index >= 15 is 0 Å². The molecule has 1 aliphatic rings. The summed E-state index contributed by atoms with van der Waals surface area (Å²) in [6.07, 6.45) is 0. The Bertz CT molecular complexity index is 730. The molecule has 0 saturated carbocycles. The lowest BCUT2D eigenvalue weighted by atomic mass is 10.1. The summed E-state index contributed by atoms with van der Waals surface area (Å²) in [5.41, 5.74) is 1.08. The van der Waals surface area contributed by atoms with Crippen LogP contribution < -0.4 is 4.90 Å². The molecule has 0 radical (unpaired) electrons. The summed E-state index contributed by atoms with van der Waals surface area (Å²) >= 11 is 5.90. The van der Waals surface area contributed by atoms with Crippen molar-refractivity contribution in [2.45, 2.75) is 6.54 Å². The molecule has 0 spiro atoms. The van der Waals surface area contributed by atoms with Gasteiger partial charge in [0.15, 0.2) is 0 Å². The second-order valence-corrected chi connectivity index (χ2v) is 4.91. The van der Waals surface area contributed by atoms with E-state index in [4.69, 9.17) is 11.6 Å². The Kier molecular flexibility index (Phi) is 3.03. The van der Waals surface area contributed by atoms with Gasteiger partial charge in [-0.2, -0.15) is 0 Å². The molecule has 1 amide bonds. The van der Waals surface area contributed by atoms with E-state index in [1.165, 1.54) is 17.0 Å². The van der Waals surface area contributed by atoms with Crippen molar-refractivity contribution in [1.82, 2.24) is 0 Å². The van der Waals surface area contributed by atoms with Crippen LogP contribution in [0.3, 0.4) is 0 Å². The van der Waals surface area contributed by atoms with Gasteiger partial charge >= 0.3 is 0 Å². The molecule has 0 N–H and O–H groups in total. The normalized spacial score (nSPS) is 13.8. The maximum absolute atomic E-state index is 13.7. The van der Waals surface area contributed by atoms with Crippen LogP contribution in [-0.2, 0) is 11.3 Å². The molecule has 0 fully saturated rings. The number of carbonyl (C=O) groups excluding carboxylic acids is 2. The Morgan fingerprint density at radius 1 is 1.10 bits per heavy atom. The van der Waals surface area contributed by atoms with Gasteiger partial charge in [-0.15, -0.1) is 0 Å². The van der Waals surface area contributed by atoms with Gasteiger partial charge in [-0.3, -0.25) is 9.59 Å². The van der Waals surface area contributed by atoms with E-state index in [0.29, 0.717) is 21.8 Å². The summed E-state index contributed by atoms with van der Waals surface area (Å²) < 4.78 is 13.7. The summed E-state index contributed by atoms with van der Waals surface area (Å²) in [4.78, 5) is 25.1. The molecule has 100 valence electrons. The third-order valence-corrected chi connectivity index (χ3v) is 3.46. The number of ketones is 1. The number of carbonyl (C=O) groups is 2. The van der Waals surface area contributed by atoms with Crippen LogP contribution in [0.25, 0.3) is 0 Å². The summed E-state index contributed by atoms with van der Waals surface area (Å²) in [7, 11) is 0. The number of nitrogens with zero attached hydrogens (tertiary/aromatic N) is 1. The first-order chi connectivity index (χ1) is 9.58. The summed E-state index contributed by atoms with van der Waals surface area (Å²) in [5.74, 6) is -1.67. The molecular weight excluding hydrogens is 281 g/mol. The maximum atomic E-state index is 13.7.